The maximum atomic E-state index is 12.0. The van der Waals surface area contributed by atoms with Crippen molar-refractivity contribution in [2.24, 2.45) is 10.8 Å². The standard InChI is InChI=1S/C12H21Cl2NO2/c1-4-11(5-2,8-16)7-15-9(17)10(3)6-12(10,13)14/h16H,4-8H2,1-3H3,(H,15,17). The number of rotatable bonds is 6. The molecule has 0 spiro atoms. The fourth-order valence-electron chi connectivity index (χ4n) is 1.89. The van der Waals surface area contributed by atoms with Gasteiger partial charge >= 0.3 is 0 Å². The molecule has 0 aromatic heterocycles. The van der Waals surface area contributed by atoms with Gasteiger partial charge in [0.15, 0.2) is 0 Å². The second kappa shape index (κ2) is 4.94. The third kappa shape index (κ3) is 2.72. The van der Waals surface area contributed by atoms with Gasteiger partial charge in [0.05, 0.1) is 12.0 Å². The van der Waals surface area contributed by atoms with Gasteiger partial charge in [0.25, 0.3) is 0 Å². The van der Waals surface area contributed by atoms with Gasteiger partial charge in [-0.05, 0) is 26.2 Å². The quantitative estimate of drug-likeness (QED) is 0.735. The van der Waals surface area contributed by atoms with Crippen LogP contribution >= 0.6 is 23.2 Å². The van der Waals surface area contributed by atoms with Crippen LogP contribution in [0.3, 0.4) is 0 Å². The molecular weight excluding hydrogens is 261 g/mol. The monoisotopic (exact) mass is 281 g/mol. The number of carbonyl (C=O) groups excluding carboxylic acids is 1. The van der Waals surface area contributed by atoms with Gasteiger partial charge in [-0.1, -0.05) is 13.8 Å². The van der Waals surface area contributed by atoms with Crippen molar-refractivity contribution < 1.29 is 9.90 Å². The van der Waals surface area contributed by atoms with Crippen LogP contribution in [0.15, 0.2) is 0 Å². The van der Waals surface area contributed by atoms with Crippen molar-refractivity contribution in [1.29, 1.82) is 0 Å². The van der Waals surface area contributed by atoms with Crippen LogP contribution in [0.4, 0.5) is 0 Å². The number of hydrogen-bond acceptors (Lipinski definition) is 2. The Morgan fingerprint density at radius 2 is 1.88 bits per heavy atom. The summed E-state index contributed by atoms with van der Waals surface area (Å²) in [6.07, 6.45) is 2.13. The first-order valence-corrected chi connectivity index (χ1v) is 6.79. The van der Waals surface area contributed by atoms with E-state index in [2.05, 4.69) is 5.32 Å². The number of aliphatic hydroxyl groups excluding tert-OH is 1. The molecule has 17 heavy (non-hydrogen) atoms. The zero-order chi connectivity index (χ0) is 13.3. The second-order valence-corrected chi connectivity index (χ2v) is 6.75. The highest BCUT2D eigenvalue weighted by Gasteiger charge is 2.67. The molecule has 2 N–H and O–H groups in total. The highest BCUT2D eigenvalue weighted by molar-refractivity contribution is 6.53. The Labute approximate surface area is 113 Å². The summed E-state index contributed by atoms with van der Waals surface area (Å²) in [5.41, 5.74) is -0.916. The Morgan fingerprint density at radius 3 is 2.18 bits per heavy atom. The fourth-order valence-corrected chi connectivity index (χ4v) is 2.59. The number of alkyl halides is 2. The average molecular weight is 282 g/mol. The number of amides is 1. The summed E-state index contributed by atoms with van der Waals surface area (Å²) in [4.78, 5) is 12.0. The Hall–Kier alpha value is 0.01000. The second-order valence-electron chi connectivity index (χ2n) is 5.26. The van der Waals surface area contributed by atoms with Gasteiger partial charge in [-0.25, -0.2) is 0 Å². The van der Waals surface area contributed by atoms with Crippen molar-refractivity contribution in [1.82, 2.24) is 5.32 Å². The molecule has 1 aliphatic carbocycles. The van der Waals surface area contributed by atoms with Gasteiger partial charge in [0.1, 0.15) is 4.33 Å². The summed E-state index contributed by atoms with van der Waals surface area (Å²) < 4.78 is -0.933. The lowest BCUT2D eigenvalue weighted by Gasteiger charge is -2.30. The number of nitrogens with one attached hydrogen (secondary N) is 1. The summed E-state index contributed by atoms with van der Waals surface area (Å²) in [5, 5.41) is 12.3. The maximum absolute atomic E-state index is 12.0. The Morgan fingerprint density at radius 1 is 1.41 bits per heavy atom. The Bertz CT molecular complexity index is 295. The van der Waals surface area contributed by atoms with Crippen LogP contribution in [0, 0.1) is 10.8 Å². The van der Waals surface area contributed by atoms with Crippen LogP contribution in [0.1, 0.15) is 40.0 Å². The Kier molecular flexibility index (Phi) is 4.38. The van der Waals surface area contributed by atoms with E-state index < -0.39 is 9.75 Å². The van der Waals surface area contributed by atoms with E-state index >= 15 is 0 Å². The molecule has 1 atom stereocenters. The molecular formula is C12H21Cl2NO2. The zero-order valence-corrected chi connectivity index (χ0v) is 12.2. The number of hydrogen-bond donors (Lipinski definition) is 2. The SMILES string of the molecule is CCC(CC)(CO)CNC(=O)C1(C)CC1(Cl)Cl. The number of halogens is 2. The molecule has 1 unspecified atom stereocenters. The number of aliphatic hydroxyl groups is 1. The van der Waals surface area contributed by atoms with Crippen molar-refractivity contribution in [3.8, 4) is 0 Å². The minimum atomic E-state index is -0.933. The van der Waals surface area contributed by atoms with Gasteiger partial charge in [0, 0.05) is 12.0 Å². The van der Waals surface area contributed by atoms with Crippen molar-refractivity contribution in [3.05, 3.63) is 0 Å². The number of carbonyl (C=O) groups is 1. The highest BCUT2D eigenvalue weighted by atomic mass is 35.5. The predicted molar refractivity (Wildman–Crippen MR) is 70.3 cm³/mol. The summed E-state index contributed by atoms with van der Waals surface area (Å²) in [5.74, 6) is -0.123. The van der Waals surface area contributed by atoms with Crippen molar-refractivity contribution in [2.75, 3.05) is 13.2 Å². The summed E-state index contributed by atoms with van der Waals surface area (Å²) in [6.45, 7) is 6.33. The molecule has 1 fully saturated rings. The van der Waals surface area contributed by atoms with Crippen LogP contribution in [-0.2, 0) is 4.79 Å². The largest absolute Gasteiger partial charge is 0.396 e. The van der Waals surface area contributed by atoms with Gasteiger partial charge in [-0.2, -0.15) is 0 Å². The molecule has 3 nitrogen and oxygen atoms in total. The molecule has 100 valence electrons. The van der Waals surface area contributed by atoms with E-state index in [9.17, 15) is 9.90 Å². The van der Waals surface area contributed by atoms with Crippen molar-refractivity contribution >= 4 is 29.1 Å². The van der Waals surface area contributed by atoms with E-state index in [0.29, 0.717) is 13.0 Å². The molecule has 0 aromatic carbocycles. The highest BCUT2D eigenvalue weighted by Crippen LogP contribution is 2.63. The third-order valence-electron chi connectivity index (χ3n) is 4.22. The lowest BCUT2D eigenvalue weighted by atomic mass is 9.83. The van der Waals surface area contributed by atoms with Gasteiger partial charge in [0.2, 0.25) is 5.91 Å². The van der Waals surface area contributed by atoms with Crippen molar-refractivity contribution in [2.45, 2.75) is 44.4 Å². The summed E-state index contributed by atoms with van der Waals surface area (Å²) in [6, 6.07) is 0. The molecule has 0 saturated heterocycles. The predicted octanol–water partition coefficient (Wildman–Crippen LogP) is 2.49. The normalized spacial score (nSPS) is 26.7. The van der Waals surface area contributed by atoms with Gasteiger partial charge in [-0.3, -0.25) is 4.79 Å². The minimum Gasteiger partial charge on any atom is -0.396 e. The molecule has 1 saturated carbocycles. The van der Waals surface area contributed by atoms with E-state index in [-0.39, 0.29) is 17.9 Å². The molecule has 1 amide bonds. The first-order valence-electron chi connectivity index (χ1n) is 6.04. The lowest BCUT2D eigenvalue weighted by molar-refractivity contribution is -0.126. The minimum absolute atomic E-state index is 0.0733. The molecule has 1 aliphatic rings. The van der Waals surface area contributed by atoms with E-state index in [1.54, 1.807) is 6.92 Å². The summed E-state index contributed by atoms with van der Waals surface area (Å²) >= 11 is 11.9. The molecule has 1 rings (SSSR count). The van der Waals surface area contributed by atoms with Crippen molar-refractivity contribution in [3.63, 3.8) is 0 Å². The van der Waals surface area contributed by atoms with Crippen LogP contribution in [0.25, 0.3) is 0 Å². The average Bonchev–Trinajstić information content (AvgIpc) is 2.82. The van der Waals surface area contributed by atoms with Crippen LogP contribution in [0.2, 0.25) is 0 Å². The smallest absolute Gasteiger partial charge is 0.229 e. The fraction of sp³-hybridized carbons (Fsp3) is 0.917. The molecule has 5 heteroatoms. The maximum Gasteiger partial charge on any atom is 0.229 e. The van der Waals surface area contributed by atoms with Crippen LogP contribution < -0.4 is 5.32 Å². The molecule has 0 aliphatic heterocycles. The summed E-state index contributed by atoms with van der Waals surface area (Å²) in [7, 11) is 0. The lowest BCUT2D eigenvalue weighted by Crippen LogP contribution is -2.42. The van der Waals surface area contributed by atoms with Crippen LogP contribution in [-0.4, -0.2) is 28.5 Å². The zero-order valence-electron chi connectivity index (χ0n) is 10.6. The Balaban J connectivity index is 2.54. The van der Waals surface area contributed by atoms with E-state index in [1.807, 2.05) is 13.8 Å². The van der Waals surface area contributed by atoms with Gasteiger partial charge in [-0.15, -0.1) is 23.2 Å². The topological polar surface area (TPSA) is 49.3 Å². The first-order chi connectivity index (χ1) is 7.77. The molecule has 0 aromatic rings. The van der Waals surface area contributed by atoms with Crippen LogP contribution in [0.5, 0.6) is 0 Å². The third-order valence-corrected chi connectivity index (χ3v) is 5.32. The first kappa shape index (κ1) is 15.1. The molecule has 0 radical (unpaired) electrons. The molecule has 0 heterocycles. The van der Waals surface area contributed by atoms with E-state index in [0.717, 1.165) is 12.8 Å². The van der Waals surface area contributed by atoms with Gasteiger partial charge < -0.3 is 10.4 Å². The molecule has 0 bridgehead atoms. The van der Waals surface area contributed by atoms with E-state index in [4.69, 9.17) is 23.2 Å². The van der Waals surface area contributed by atoms with E-state index in [1.165, 1.54) is 0 Å².